The number of nitrogens with zero attached hydrogens (tertiary/aromatic N) is 5. The summed E-state index contributed by atoms with van der Waals surface area (Å²) in [5, 5.41) is 13.3. The van der Waals surface area contributed by atoms with E-state index in [1.54, 1.807) is 30.7 Å². The first-order valence-corrected chi connectivity index (χ1v) is 11.1. The number of halogens is 1. The molecule has 154 valence electrons. The number of thioether (sulfide) groups is 1. The molecule has 2 aromatic carbocycles. The van der Waals surface area contributed by atoms with E-state index in [9.17, 15) is 4.79 Å². The summed E-state index contributed by atoms with van der Waals surface area (Å²) in [4.78, 5) is 16.2. The number of pyridine rings is 1. The van der Waals surface area contributed by atoms with Gasteiger partial charge in [-0.3, -0.25) is 14.3 Å². The van der Waals surface area contributed by atoms with Gasteiger partial charge in [-0.05, 0) is 42.0 Å². The number of hydrogen-bond acceptors (Lipinski definition) is 6. The highest BCUT2D eigenvalue weighted by Gasteiger charge is 2.17. The van der Waals surface area contributed by atoms with Gasteiger partial charge in [0.25, 0.3) is 5.91 Å². The third-order valence-corrected chi connectivity index (χ3v) is 5.59. The lowest BCUT2D eigenvalue weighted by Crippen LogP contribution is -2.20. The van der Waals surface area contributed by atoms with E-state index in [0.717, 1.165) is 21.3 Å². The first kappa shape index (κ1) is 21.0. The molecule has 0 atom stereocenters. The standard InChI is InChI=1S/C22H17BrN6OS/c23-18-6-4-5-17(13-18)21-27-28-22(29(21)19-7-2-1-3-8-19)31-15-20(30)26-25-14-16-9-11-24-12-10-16/h1-14H,15H2,(H,26,30)/b25-14+. The Labute approximate surface area is 191 Å². The van der Waals surface area contributed by atoms with Gasteiger partial charge in [0.1, 0.15) is 0 Å². The molecule has 2 heterocycles. The first-order chi connectivity index (χ1) is 15.2. The molecule has 0 spiro atoms. The summed E-state index contributed by atoms with van der Waals surface area (Å²) in [6.45, 7) is 0. The Morgan fingerprint density at radius 1 is 1.06 bits per heavy atom. The summed E-state index contributed by atoms with van der Waals surface area (Å²) in [6, 6.07) is 21.3. The molecule has 7 nitrogen and oxygen atoms in total. The summed E-state index contributed by atoms with van der Waals surface area (Å²) in [7, 11) is 0. The van der Waals surface area contributed by atoms with Crippen LogP contribution >= 0.6 is 27.7 Å². The van der Waals surface area contributed by atoms with Crippen molar-refractivity contribution < 1.29 is 4.79 Å². The fraction of sp³-hybridized carbons (Fsp3) is 0.0455. The van der Waals surface area contributed by atoms with Gasteiger partial charge >= 0.3 is 0 Å². The molecule has 0 radical (unpaired) electrons. The lowest BCUT2D eigenvalue weighted by molar-refractivity contribution is -0.118. The van der Waals surface area contributed by atoms with Gasteiger partial charge < -0.3 is 0 Å². The lowest BCUT2D eigenvalue weighted by atomic mass is 10.2. The Kier molecular flexibility index (Phi) is 6.85. The monoisotopic (exact) mass is 492 g/mol. The molecule has 0 aliphatic heterocycles. The van der Waals surface area contributed by atoms with Crippen molar-refractivity contribution in [2.24, 2.45) is 5.10 Å². The molecule has 0 saturated carbocycles. The fourth-order valence-electron chi connectivity index (χ4n) is 2.78. The zero-order valence-electron chi connectivity index (χ0n) is 16.2. The second-order valence-electron chi connectivity index (χ2n) is 6.35. The number of aromatic nitrogens is 4. The predicted molar refractivity (Wildman–Crippen MR) is 125 cm³/mol. The van der Waals surface area contributed by atoms with Crippen LogP contribution in [-0.4, -0.2) is 37.6 Å². The number of carbonyl (C=O) groups excluding carboxylic acids is 1. The SMILES string of the molecule is O=C(CSc1nnc(-c2cccc(Br)c2)n1-c1ccccc1)N/N=C/c1ccncc1. The summed E-state index contributed by atoms with van der Waals surface area (Å²) in [5.41, 5.74) is 5.22. The maximum Gasteiger partial charge on any atom is 0.250 e. The van der Waals surface area contributed by atoms with E-state index in [0.29, 0.717) is 11.0 Å². The molecular formula is C22H17BrN6OS. The van der Waals surface area contributed by atoms with Crippen LogP contribution in [0.4, 0.5) is 0 Å². The molecular weight excluding hydrogens is 476 g/mol. The van der Waals surface area contributed by atoms with Crippen LogP contribution in [0.2, 0.25) is 0 Å². The average molecular weight is 493 g/mol. The Bertz CT molecular complexity index is 1200. The summed E-state index contributed by atoms with van der Waals surface area (Å²) >= 11 is 4.80. The molecule has 4 rings (SSSR count). The van der Waals surface area contributed by atoms with Crippen LogP contribution in [-0.2, 0) is 4.79 Å². The largest absolute Gasteiger partial charge is 0.272 e. The van der Waals surface area contributed by atoms with Crippen molar-refractivity contribution >= 4 is 39.8 Å². The van der Waals surface area contributed by atoms with Gasteiger partial charge in [0.05, 0.1) is 12.0 Å². The van der Waals surface area contributed by atoms with Crippen LogP contribution in [0.1, 0.15) is 5.56 Å². The van der Waals surface area contributed by atoms with Crippen LogP contribution in [0.3, 0.4) is 0 Å². The van der Waals surface area contributed by atoms with Crippen molar-refractivity contribution in [3.63, 3.8) is 0 Å². The molecule has 0 fully saturated rings. The highest BCUT2D eigenvalue weighted by atomic mass is 79.9. The second-order valence-corrected chi connectivity index (χ2v) is 8.21. The van der Waals surface area contributed by atoms with Gasteiger partial charge in [0.2, 0.25) is 0 Å². The molecule has 2 aromatic heterocycles. The van der Waals surface area contributed by atoms with Crippen LogP contribution in [0.5, 0.6) is 0 Å². The second kappa shape index (κ2) is 10.1. The number of amides is 1. The minimum absolute atomic E-state index is 0.150. The first-order valence-electron chi connectivity index (χ1n) is 9.32. The van der Waals surface area contributed by atoms with E-state index < -0.39 is 0 Å². The molecule has 31 heavy (non-hydrogen) atoms. The number of para-hydroxylation sites is 1. The molecule has 0 aliphatic rings. The predicted octanol–water partition coefficient (Wildman–Crippen LogP) is 4.33. The van der Waals surface area contributed by atoms with Gasteiger partial charge in [-0.25, -0.2) is 5.43 Å². The van der Waals surface area contributed by atoms with Crippen LogP contribution in [0, 0.1) is 0 Å². The molecule has 4 aromatic rings. The Morgan fingerprint density at radius 2 is 1.87 bits per heavy atom. The van der Waals surface area contributed by atoms with E-state index in [1.165, 1.54) is 11.8 Å². The summed E-state index contributed by atoms with van der Waals surface area (Å²) in [5.74, 6) is 0.616. The summed E-state index contributed by atoms with van der Waals surface area (Å²) in [6.07, 6.45) is 4.90. The van der Waals surface area contributed by atoms with Gasteiger partial charge in [0.15, 0.2) is 11.0 Å². The topological polar surface area (TPSA) is 85.1 Å². The lowest BCUT2D eigenvalue weighted by Gasteiger charge is -2.10. The van der Waals surface area contributed by atoms with Gasteiger partial charge in [-0.15, -0.1) is 10.2 Å². The van der Waals surface area contributed by atoms with E-state index >= 15 is 0 Å². The highest BCUT2D eigenvalue weighted by Crippen LogP contribution is 2.29. The minimum Gasteiger partial charge on any atom is -0.272 e. The van der Waals surface area contributed by atoms with Crippen LogP contribution in [0.25, 0.3) is 17.1 Å². The third-order valence-electron chi connectivity index (χ3n) is 4.17. The number of hydrazone groups is 1. The van der Waals surface area contributed by atoms with Crippen LogP contribution < -0.4 is 5.43 Å². The number of nitrogens with one attached hydrogen (secondary N) is 1. The molecule has 0 saturated heterocycles. The van der Waals surface area contributed by atoms with Gasteiger partial charge in [-0.1, -0.05) is 58.0 Å². The van der Waals surface area contributed by atoms with E-state index in [4.69, 9.17) is 0 Å². The number of hydrogen-bond donors (Lipinski definition) is 1. The number of rotatable bonds is 7. The van der Waals surface area contributed by atoms with Gasteiger partial charge in [-0.2, -0.15) is 5.10 Å². The van der Waals surface area contributed by atoms with Crippen molar-refractivity contribution in [2.75, 3.05) is 5.75 Å². The number of carbonyl (C=O) groups is 1. The Balaban J connectivity index is 1.52. The Morgan fingerprint density at radius 3 is 2.65 bits per heavy atom. The molecule has 1 N–H and O–H groups in total. The molecule has 9 heteroatoms. The zero-order chi connectivity index (χ0) is 21.5. The quantitative estimate of drug-likeness (QED) is 0.235. The highest BCUT2D eigenvalue weighted by molar-refractivity contribution is 9.10. The van der Waals surface area contributed by atoms with Gasteiger partial charge in [0, 0.05) is 28.1 Å². The van der Waals surface area contributed by atoms with E-state index in [1.807, 2.05) is 59.2 Å². The van der Waals surface area contributed by atoms with Crippen molar-refractivity contribution in [1.82, 2.24) is 25.2 Å². The van der Waals surface area contributed by atoms with Crippen molar-refractivity contribution in [1.29, 1.82) is 0 Å². The maximum atomic E-state index is 12.3. The fourth-order valence-corrected chi connectivity index (χ4v) is 3.92. The molecule has 0 unspecified atom stereocenters. The minimum atomic E-state index is -0.234. The third kappa shape index (κ3) is 5.44. The molecule has 1 amide bonds. The average Bonchev–Trinajstić information content (AvgIpc) is 3.23. The summed E-state index contributed by atoms with van der Waals surface area (Å²) < 4.78 is 2.90. The molecule has 0 aliphatic carbocycles. The van der Waals surface area contributed by atoms with Crippen LogP contribution in [0.15, 0.2) is 93.9 Å². The Hall–Kier alpha value is -3.30. The van der Waals surface area contributed by atoms with Crippen molar-refractivity contribution in [2.45, 2.75) is 5.16 Å². The number of benzene rings is 2. The van der Waals surface area contributed by atoms with Crippen molar-refractivity contribution in [3.05, 3.63) is 89.2 Å². The maximum absolute atomic E-state index is 12.3. The van der Waals surface area contributed by atoms with E-state index in [2.05, 4.69) is 41.6 Å². The normalized spacial score (nSPS) is 11.0. The van der Waals surface area contributed by atoms with Crippen molar-refractivity contribution in [3.8, 4) is 17.1 Å². The smallest absolute Gasteiger partial charge is 0.250 e. The molecule has 0 bridgehead atoms. The van der Waals surface area contributed by atoms with E-state index in [-0.39, 0.29) is 11.7 Å². The zero-order valence-corrected chi connectivity index (χ0v) is 18.6.